The van der Waals surface area contributed by atoms with Gasteiger partial charge in [-0.15, -0.1) is 23.1 Å². The van der Waals surface area contributed by atoms with E-state index >= 15 is 0 Å². The summed E-state index contributed by atoms with van der Waals surface area (Å²) in [6.07, 6.45) is 3.92. The molecule has 2 nitrogen and oxygen atoms in total. The van der Waals surface area contributed by atoms with Gasteiger partial charge >= 0.3 is 0 Å². The molecule has 0 saturated heterocycles. The van der Waals surface area contributed by atoms with E-state index in [-0.39, 0.29) is 0 Å². The molecule has 0 bridgehead atoms. The van der Waals surface area contributed by atoms with E-state index in [4.69, 9.17) is 16.6 Å². The Labute approximate surface area is 166 Å². The maximum Gasteiger partial charge on any atom is 0.115 e. The third-order valence-electron chi connectivity index (χ3n) is 4.71. The molecule has 2 heterocycles. The van der Waals surface area contributed by atoms with Crippen LogP contribution in [0.3, 0.4) is 0 Å². The molecule has 0 N–H and O–H groups in total. The molecule has 0 aliphatic heterocycles. The highest BCUT2D eigenvalue weighted by atomic mass is 35.5. The molecule has 0 spiro atoms. The minimum Gasteiger partial charge on any atom is -0.239 e. The summed E-state index contributed by atoms with van der Waals surface area (Å²) in [4.78, 5) is 5.97. The summed E-state index contributed by atoms with van der Waals surface area (Å²) in [5.74, 6) is 1.80. The number of thiophene rings is 1. The fraction of sp³-hybridized carbons (Fsp3) is 0.238. The SMILES string of the molecule is N#Cc1c(-c2ccc(Cl)cc2)cc(-c2cccs2)nc1SCC1CCC1. The number of nitrogens with zero attached hydrogens (tertiary/aromatic N) is 2. The number of benzene rings is 1. The van der Waals surface area contributed by atoms with E-state index in [1.807, 2.05) is 36.4 Å². The number of aromatic nitrogens is 1. The van der Waals surface area contributed by atoms with E-state index < -0.39 is 0 Å². The van der Waals surface area contributed by atoms with Crippen LogP contribution in [0.1, 0.15) is 24.8 Å². The molecule has 3 aromatic rings. The molecule has 2 aromatic heterocycles. The van der Waals surface area contributed by atoms with Crippen LogP contribution in [-0.4, -0.2) is 10.7 Å². The Morgan fingerprint density at radius 2 is 2.04 bits per heavy atom. The molecule has 0 radical (unpaired) electrons. The number of hydrogen-bond donors (Lipinski definition) is 0. The van der Waals surface area contributed by atoms with Gasteiger partial charge in [-0.2, -0.15) is 5.26 Å². The van der Waals surface area contributed by atoms with E-state index in [9.17, 15) is 5.26 Å². The second-order valence-electron chi connectivity index (χ2n) is 6.44. The van der Waals surface area contributed by atoms with Crippen molar-refractivity contribution in [1.29, 1.82) is 5.26 Å². The number of nitriles is 1. The first-order chi connectivity index (χ1) is 12.7. The molecule has 1 aromatic carbocycles. The van der Waals surface area contributed by atoms with Crippen molar-refractivity contribution in [3.05, 3.63) is 58.4 Å². The normalized spacial score (nSPS) is 14.0. The predicted octanol–water partition coefficient (Wildman–Crippen LogP) is 6.89. The summed E-state index contributed by atoms with van der Waals surface area (Å²) in [7, 11) is 0. The average molecular weight is 397 g/mol. The molecule has 1 saturated carbocycles. The molecule has 1 fully saturated rings. The predicted molar refractivity (Wildman–Crippen MR) is 111 cm³/mol. The zero-order valence-electron chi connectivity index (χ0n) is 14.1. The van der Waals surface area contributed by atoms with Crippen LogP contribution in [0.2, 0.25) is 5.02 Å². The third kappa shape index (κ3) is 3.66. The molecule has 130 valence electrons. The quantitative estimate of drug-likeness (QED) is 0.440. The van der Waals surface area contributed by atoms with Gasteiger partial charge in [-0.1, -0.05) is 36.2 Å². The Morgan fingerprint density at radius 1 is 1.23 bits per heavy atom. The average Bonchev–Trinajstić information content (AvgIpc) is 3.15. The first-order valence-corrected chi connectivity index (χ1v) is 10.9. The fourth-order valence-corrected chi connectivity index (χ4v) is 5.00. The van der Waals surface area contributed by atoms with Crippen LogP contribution >= 0.6 is 34.7 Å². The Balaban J connectivity index is 1.80. The topological polar surface area (TPSA) is 36.7 Å². The van der Waals surface area contributed by atoms with Crippen LogP contribution in [0.5, 0.6) is 0 Å². The number of rotatable bonds is 5. The lowest BCUT2D eigenvalue weighted by molar-refractivity contribution is 0.353. The Hall–Kier alpha value is -1.80. The number of pyridine rings is 1. The van der Waals surface area contributed by atoms with Gasteiger partial charge < -0.3 is 0 Å². The van der Waals surface area contributed by atoms with Crippen LogP contribution in [0.25, 0.3) is 21.7 Å². The molecule has 1 aliphatic rings. The van der Waals surface area contributed by atoms with Gasteiger partial charge in [0.2, 0.25) is 0 Å². The molecule has 1 aliphatic carbocycles. The molecular weight excluding hydrogens is 380 g/mol. The fourth-order valence-electron chi connectivity index (χ4n) is 3.00. The van der Waals surface area contributed by atoms with Crippen LogP contribution in [-0.2, 0) is 0 Å². The third-order valence-corrected chi connectivity index (χ3v) is 7.06. The summed E-state index contributed by atoms with van der Waals surface area (Å²) in [6.45, 7) is 0. The van der Waals surface area contributed by atoms with Crippen LogP contribution in [0, 0.1) is 17.2 Å². The second kappa shape index (κ2) is 7.84. The van der Waals surface area contributed by atoms with E-state index in [0.29, 0.717) is 10.6 Å². The molecule has 5 heteroatoms. The Kier molecular flexibility index (Phi) is 5.31. The van der Waals surface area contributed by atoms with E-state index in [0.717, 1.165) is 38.4 Å². The first kappa shape index (κ1) is 17.6. The van der Waals surface area contributed by atoms with E-state index in [1.165, 1.54) is 19.3 Å². The maximum absolute atomic E-state index is 9.85. The van der Waals surface area contributed by atoms with Crippen molar-refractivity contribution in [3.63, 3.8) is 0 Å². The molecular formula is C21H17ClN2S2. The molecule has 0 amide bonds. The van der Waals surface area contributed by atoms with Crippen molar-refractivity contribution in [2.24, 2.45) is 5.92 Å². The smallest absolute Gasteiger partial charge is 0.115 e. The summed E-state index contributed by atoms with van der Waals surface area (Å²) < 4.78 is 0. The van der Waals surface area contributed by atoms with Gasteiger partial charge in [0.05, 0.1) is 16.1 Å². The first-order valence-electron chi connectivity index (χ1n) is 8.62. The van der Waals surface area contributed by atoms with Crippen molar-refractivity contribution >= 4 is 34.7 Å². The van der Waals surface area contributed by atoms with Gasteiger partial charge in [0.15, 0.2) is 0 Å². The zero-order valence-corrected chi connectivity index (χ0v) is 16.5. The lowest BCUT2D eigenvalue weighted by atomic mass is 9.87. The van der Waals surface area contributed by atoms with Crippen molar-refractivity contribution in [1.82, 2.24) is 4.98 Å². The van der Waals surface area contributed by atoms with Crippen molar-refractivity contribution in [2.45, 2.75) is 24.3 Å². The highest BCUT2D eigenvalue weighted by Gasteiger charge is 2.21. The number of thioether (sulfide) groups is 1. The van der Waals surface area contributed by atoms with Crippen LogP contribution < -0.4 is 0 Å². The van der Waals surface area contributed by atoms with Crippen LogP contribution in [0.15, 0.2) is 52.9 Å². The van der Waals surface area contributed by atoms with Gasteiger partial charge in [-0.25, -0.2) is 4.98 Å². The van der Waals surface area contributed by atoms with Gasteiger partial charge in [0.25, 0.3) is 0 Å². The highest BCUT2D eigenvalue weighted by molar-refractivity contribution is 7.99. The van der Waals surface area contributed by atoms with E-state index in [2.05, 4.69) is 17.5 Å². The number of hydrogen-bond acceptors (Lipinski definition) is 4. The van der Waals surface area contributed by atoms with Crippen molar-refractivity contribution in [2.75, 3.05) is 5.75 Å². The summed E-state index contributed by atoms with van der Waals surface area (Å²) in [5.41, 5.74) is 3.52. The standard InChI is InChI=1S/C21H17ClN2S2/c22-16-8-6-15(7-9-16)17-11-19(20-5-2-10-25-20)24-21(18(17)12-23)26-13-14-3-1-4-14/h2,5-11,14H,1,3-4,13H2. The molecule has 4 rings (SSSR count). The van der Waals surface area contributed by atoms with Crippen molar-refractivity contribution in [3.8, 4) is 27.8 Å². The van der Waals surface area contributed by atoms with Gasteiger partial charge in [-0.05, 0) is 54.0 Å². The Morgan fingerprint density at radius 3 is 2.65 bits per heavy atom. The van der Waals surface area contributed by atoms with Gasteiger partial charge in [0.1, 0.15) is 11.1 Å². The second-order valence-corrected chi connectivity index (χ2v) is 8.83. The lowest BCUT2D eigenvalue weighted by Gasteiger charge is -2.24. The molecule has 0 unspecified atom stereocenters. The molecule has 26 heavy (non-hydrogen) atoms. The largest absolute Gasteiger partial charge is 0.239 e. The van der Waals surface area contributed by atoms with E-state index in [1.54, 1.807) is 23.1 Å². The summed E-state index contributed by atoms with van der Waals surface area (Å²) in [5, 5.41) is 13.4. The van der Waals surface area contributed by atoms with Gasteiger partial charge in [-0.3, -0.25) is 0 Å². The summed E-state index contributed by atoms with van der Waals surface area (Å²) >= 11 is 9.44. The highest BCUT2D eigenvalue weighted by Crippen LogP contribution is 2.38. The van der Waals surface area contributed by atoms with Crippen molar-refractivity contribution < 1.29 is 0 Å². The Bertz CT molecular complexity index is 939. The lowest BCUT2D eigenvalue weighted by Crippen LogP contribution is -2.13. The monoisotopic (exact) mass is 396 g/mol. The van der Waals surface area contributed by atoms with Gasteiger partial charge in [0, 0.05) is 16.3 Å². The minimum absolute atomic E-state index is 0.664. The number of halogens is 1. The maximum atomic E-state index is 9.85. The summed E-state index contributed by atoms with van der Waals surface area (Å²) in [6, 6.07) is 16.2. The zero-order chi connectivity index (χ0) is 17.9. The van der Waals surface area contributed by atoms with Crippen LogP contribution in [0.4, 0.5) is 0 Å². The molecule has 0 atom stereocenters. The minimum atomic E-state index is 0.664.